The van der Waals surface area contributed by atoms with Crippen molar-refractivity contribution in [3.8, 4) is 0 Å². The number of pyridine rings is 2. The van der Waals surface area contributed by atoms with Gasteiger partial charge in [0.15, 0.2) is 5.82 Å². The Morgan fingerprint density at radius 2 is 1.88 bits per heavy atom. The molecule has 1 N–H and O–H groups in total. The third-order valence-electron chi connectivity index (χ3n) is 3.92. The van der Waals surface area contributed by atoms with Crippen molar-refractivity contribution in [3.63, 3.8) is 0 Å². The van der Waals surface area contributed by atoms with Gasteiger partial charge in [-0.1, -0.05) is 12.1 Å². The molecule has 0 amide bonds. The summed E-state index contributed by atoms with van der Waals surface area (Å²) in [6.45, 7) is 3.20. The maximum absolute atomic E-state index is 14.5. The van der Waals surface area contributed by atoms with Crippen LogP contribution in [-0.4, -0.2) is 9.97 Å². The maximum atomic E-state index is 14.5. The topological polar surface area (TPSA) is 37.8 Å². The molecule has 0 bridgehead atoms. The van der Waals surface area contributed by atoms with Crippen LogP contribution < -0.4 is 5.32 Å². The van der Waals surface area contributed by atoms with Crippen molar-refractivity contribution in [2.75, 3.05) is 5.32 Å². The van der Waals surface area contributed by atoms with Crippen LogP contribution in [-0.2, 0) is 6.18 Å². The van der Waals surface area contributed by atoms with Crippen molar-refractivity contribution in [2.24, 2.45) is 0 Å². The average Bonchev–Trinajstić information content (AvgIpc) is 2.58. The second-order valence-electron chi connectivity index (χ2n) is 5.75. The van der Waals surface area contributed by atoms with E-state index in [1.165, 1.54) is 19.2 Å². The summed E-state index contributed by atoms with van der Waals surface area (Å²) in [6, 6.07) is 7.80. The molecular formula is C18H15F4N3. The van der Waals surface area contributed by atoms with Crippen LogP contribution in [0, 0.1) is 12.7 Å². The number of hydrogen-bond acceptors (Lipinski definition) is 3. The SMILES string of the molecule is Cc1nc2cccnc2c(N[C@H](C)c2cccc(C(F)(F)F)c2)c1F. The normalized spacial score (nSPS) is 13.0. The molecule has 25 heavy (non-hydrogen) atoms. The zero-order valence-corrected chi connectivity index (χ0v) is 13.5. The van der Waals surface area contributed by atoms with Crippen LogP contribution in [0.1, 0.15) is 29.8 Å². The first-order valence-electron chi connectivity index (χ1n) is 7.62. The van der Waals surface area contributed by atoms with Gasteiger partial charge in [0.05, 0.1) is 16.8 Å². The minimum Gasteiger partial charge on any atom is -0.374 e. The number of halogens is 4. The van der Waals surface area contributed by atoms with E-state index < -0.39 is 23.6 Å². The van der Waals surface area contributed by atoms with Crippen molar-refractivity contribution in [2.45, 2.75) is 26.1 Å². The summed E-state index contributed by atoms with van der Waals surface area (Å²) in [7, 11) is 0. The summed E-state index contributed by atoms with van der Waals surface area (Å²) in [5.74, 6) is -0.565. The quantitative estimate of drug-likeness (QED) is 0.655. The van der Waals surface area contributed by atoms with Crippen LogP contribution in [0.2, 0.25) is 0 Å². The largest absolute Gasteiger partial charge is 0.416 e. The Morgan fingerprint density at radius 1 is 1.12 bits per heavy atom. The number of aromatic nitrogens is 2. The standard InChI is InChI=1S/C18H15F4N3/c1-10(12-5-3-6-13(9-12)18(20,21)22)25-17-15(19)11(2)24-14-7-4-8-23-16(14)17/h3-10H,1-2H3,(H,24,25)/t10-/m1/s1. The summed E-state index contributed by atoms with van der Waals surface area (Å²) in [4.78, 5) is 8.28. The first-order chi connectivity index (χ1) is 11.8. The number of nitrogens with zero attached hydrogens (tertiary/aromatic N) is 2. The fourth-order valence-electron chi connectivity index (χ4n) is 2.61. The first kappa shape index (κ1) is 17.1. The molecule has 2 aromatic heterocycles. The van der Waals surface area contributed by atoms with E-state index >= 15 is 0 Å². The van der Waals surface area contributed by atoms with E-state index in [2.05, 4.69) is 15.3 Å². The molecule has 2 heterocycles. The molecule has 0 saturated carbocycles. The monoisotopic (exact) mass is 349 g/mol. The molecule has 3 rings (SSSR count). The molecule has 7 heteroatoms. The summed E-state index contributed by atoms with van der Waals surface area (Å²) >= 11 is 0. The molecule has 0 saturated heterocycles. The third-order valence-corrected chi connectivity index (χ3v) is 3.92. The summed E-state index contributed by atoms with van der Waals surface area (Å²) < 4.78 is 53.2. The molecule has 3 aromatic rings. The van der Waals surface area contributed by atoms with Gasteiger partial charge in [0.1, 0.15) is 11.2 Å². The van der Waals surface area contributed by atoms with E-state index in [4.69, 9.17) is 0 Å². The highest BCUT2D eigenvalue weighted by molar-refractivity contribution is 5.88. The fraction of sp³-hybridized carbons (Fsp3) is 0.222. The Morgan fingerprint density at radius 3 is 2.60 bits per heavy atom. The molecule has 1 aromatic carbocycles. The average molecular weight is 349 g/mol. The van der Waals surface area contributed by atoms with Gasteiger partial charge < -0.3 is 5.32 Å². The highest BCUT2D eigenvalue weighted by atomic mass is 19.4. The maximum Gasteiger partial charge on any atom is 0.416 e. The molecule has 0 radical (unpaired) electrons. The number of nitrogens with one attached hydrogen (secondary N) is 1. The van der Waals surface area contributed by atoms with Crippen LogP contribution in [0.3, 0.4) is 0 Å². The molecule has 0 unspecified atom stereocenters. The molecule has 0 spiro atoms. The van der Waals surface area contributed by atoms with Crippen LogP contribution in [0.15, 0.2) is 42.6 Å². The number of hydrogen-bond donors (Lipinski definition) is 1. The predicted octanol–water partition coefficient (Wildman–Crippen LogP) is 5.27. The van der Waals surface area contributed by atoms with Crippen LogP contribution in [0.25, 0.3) is 11.0 Å². The molecule has 3 nitrogen and oxygen atoms in total. The van der Waals surface area contributed by atoms with Gasteiger partial charge in [-0.2, -0.15) is 13.2 Å². The lowest BCUT2D eigenvalue weighted by atomic mass is 10.0. The van der Waals surface area contributed by atoms with Crippen LogP contribution in [0.4, 0.5) is 23.2 Å². The molecule has 0 aliphatic carbocycles. The third kappa shape index (κ3) is 3.40. The first-order valence-corrected chi connectivity index (χ1v) is 7.62. The van der Waals surface area contributed by atoms with Gasteiger partial charge in [0.25, 0.3) is 0 Å². The van der Waals surface area contributed by atoms with E-state index in [0.717, 1.165) is 12.1 Å². The van der Waals surface area contributed by atoms with E-state index in [9.17, 15) is 17.6 Å². The predicted molar refractivity (Wildman–Crippen MR) is 87.7 cm³/mol. The fourth-order valence-corrected chi connectivity index (χ4v) is 2.61. The van der Waals surface area contributed by atoms with Gasteiger partial charge in [-0.3, -0.25) is 4.98 Å². The van der Waals surface area contributed by atoms with Crippen molar-refractivity contribution < 1.29 is 17.6 Å². The highest BCUT2D eigenvalue weighted by Crippen LogP contribution is 2.33. The smallest absolute Gasteiger partial charge is 0.374 e. The van der Waals surface area contributed by atoms with Crippen LogP contribution in [0.5, 0.6) is 0 Å². The lowest BCUT2D eigenvalue weighted by Crippen LogP contribution is -2.12. The van der Waals surface area contributed by atoms with Crippen molar-refractivity contribution in [1.82, 2.24) is 9.97 Å². The Bertz CT molecular complexity index is 922. The second kappa shape index (κ2) is 6.31. The minimum atomic E-state index is -4.43. The van der Waals surface area contributed by atoms with Crippen molar-refractivity contribution in [1.29, 1.82) is 0 Å². The second-order valence-corrected chi connectivity index (χ2v) is 5.75. The Hall–Kier alpha value is -2.70. The number of anilines is 1. The van der Waals surface area contributed by atoms with Gasteiger partial charge in [-0.05, 0) is 43.7 Å². The van der Waals surface area contributed by atoms with Gasteiger partial charge in [-0.15, -0.1) is 0 Å². The summed E-state index contributed by atoms with van der Waals surface area (Å²) in [5.41, 5.74) is 0.831. The molecular weight excluding hydrogens is 334 g/mol. The van der Waals surface area contributed by atoms with Gasteiger partial charge in [-0.25, -0.2) is 9.37 Å². The van der Waals surface area contributed by atoms with E-state index in [1.54, 1.807) is 25.1 Å². The number of rotatable bonds is 3. The molecule has 0 aliphatic rings. The van der Waals surface area contributed by atoms with Crippen molar-refractivity contribution >= 4 is 16.7 Å². The number of benzene rings is 1. The Kier molecular flexibility index (Phi) is 4.32. The highest BCUT2D eigenvalue weighted by Gasteiger charge is 2.30. The zero-order chi connectivity index (χ0) is 18.2. The lowest BCUT2D eigenvalue weighted by Gasteiger charge is -2.19. The number of fused-ring (bicyclic) bond motifs is 1. The Labute approximate surface area is 141 Å². The van der Waals surface area contributed by atoms with E-state index in [0.29, 0.717) is 16.6 Å². The molecule has 0 aliphatic heterocycles. The number of alkyl halides is 3. The minimum absolute atomic E-state index is 0.132. The molecule has 1 atom stereocenters. The van der Waals surface area contributed by atoms with Crippen molar-refractivity contribution in [3.05, 3.63) is 65.2 Å². The van der Waals surface area contributed by atoms with E-state index in [1.807, 2.05) is 0 Å². The summed E-state index contributed by atoms with van der Waals surface area (Å²) in [6.07, 6.45) is -2.92. The van der Waals surface area contributed by atoms with E-state index in [-0.39, 0.29) is 11.4 Å². The van der Waals surface area contributed by atoms with Gasteiger partial charge in [0.2, 0.25) is 0 Å². The van der Waals surface area contributed by atoms with Gasteiger partial charge in [0, 0.05) is 12.2 Å². The van der Waals surface area contributed by atoms with Crippen LogP contribution >= 0.6 is 0 Å². The van der Waals surface area contributed by atoms with Gasteiger partial charge >= 0.3 is 6.18 Å². The zero-order valence-electron chi connectivity index (χ0n) is 13.5. The summed E-state index contributed by atoms with van der Waals surface area (Å²) in [5, 5.41) is 2.94. The number of aryl methyl sites for hydroxylation is 1. The lowest BCUT2D eigenvalue weighted by molar-refractivity contribution is -0.137. The molecule has 130 valence electrons. The molecule has 0 fully saturated rings. The Balaban J connectivity index is 2.01.